The number of hydrogen-bond acceptors (Lipinski definition) is 2. The summed E-state index contributed by atoms with van der Waals surface area (Å²) in [7, 11) is 0. The molecule has 4 rings (SSSR count). The van der Waals surface area contributed by atoms with E-state index in [-0.39, 0.29) is 5.78 Å². The summed E-state index contributed by atoms with van der Waals surface area (Å²) in [5, 5.41) is 2.20. The van der Waals surface area contributed by atoms with Crippen molar-refractivity contribution in [3.8, 4) is 11.1 Å². The predicted octanol–water partition coefficient (Wildman–Crippen LogP) is 6.65. The van der Waals surface area contributed by atoms with Gasteiger partial charge in [0.2, 0.25) is 5.78 Å². The molecular weight excluding hydrogens is 344 g/mol. The van der Waals surface area contributed by atoms with Crippen molar-refractivity contribution in [3.63, 3.8) is 0 Å². The van der Waals surface area contributed by atoms with Gasteiger partial charge in [-0.3, -0.25) is 4.79 Å². The zero-order valence-electron chi connectivity index (χ0n) is 13.9. The highest BCUT2D eigenvalue weighted by atomic mass is 35.5. The maximum atomic E-state index is 12.5. The van der Waals surface area contributed by atoms with Crippen molar-refractivity contribution in [2.24, 2.45) is 0 Å². The summed E-state index contributed by atoms with van der Waals surface area (Å²) in [5.41, 5.74) is 3.26. The van der Waals surface area contributed by atoms with Gasteiger partial charge < -0.3 is 4.42 Å². The molecule has 0 aliphatic heterocycles. The maximum Gasteiger partial charge on any atom is 0.221 e. The minimum atomic E-state index is -0.172. The molecule has 0 saturated heterocycles. The van der Waals surface area contributed by atoms with Crippen LogP contribution in [0, 0.1) is 0 Å². The molecule has 3 heteroatoms. The molecule has 0 radical (unpaired) electrons. The number of benzene rings is 3. The first-order chi connectivity index (χ1) is 12.7. The van der Waals surface area contributed by atoms with Crippen molar-refractivity contribution in [3.05, 3.63) is 101 Å². The molecule has 126 valence electrons. The van der Waals surface area contributed by atoms with E-state index in [1.807, 2.05) is 42.5 Å². The van der Waals surface area contributed by atoms with Crippen LogP contribution in [0.25, 0.3) is 28.0 Å². The molecule has 0 atom stereocenters. The maximum absolute atomic E-state index is 12.5. The third kappa shape index (κ3) is 3.32. The Balaban J connectivity index is 1.54. The standard InChI is InChI=1S/C23H15ClO2/c24-20-11-12-21-19(14-20)15-26-23(21)22(25)13-8-16-6-9-18(10-7-16)17-4-2-1-3-5-17/h1-15H. The summed E-state index contributed by atoms with van der Waals surface area (Å²) in [4.78, 5) is 12.5. The minimum absolute atomic E-state index is 0.172. The second kappa shape index (κ2) is 7.03. The second-order valence-corrected chi connectivity index (χ2v) is 6.42. The van der Waals surface area contributed by atoms with Gasteiger partial charge in [0.25, 0.3) is 0 Å². The smallest absolute Gasteiger partial charge is 0.221 e. The number of carbonyl (C=O) groups excluding carboxylic acids is 1. The highest BCUT2D eigenvalue weighted by Gasteiger charge is 2.12. The van der Waals surface area contributed by atoms with Crippen molar-refractivity contribution in [1.82, 2.24) is 0 Å². The quantitative estimate of drug-likeness (QED) is 0.302. The lowest BCUT2D eigenvalue weighted by molar-refractivity contribution is 0.102. The van der Waals surface area contributed by atoms with Crippen molar-refractivity contribution in [2.45, 2.75) is 0 Å². The van der Waals surface area contributed by atoms with E-state index in [1.165, 1.54) is 11.6 Å². The molecule has 0 bridgehead atoms. The Hall–Kier alpha value is -3.10. The second-order valence-electron chi connectivity index (χ2n) is 5.98. The molecule has 0 N–H and O–H groups in total. The van der Waals surface area contributed by atoms with Crippen LogP contribution in [0.3, 0.4) is 0 Å². The third-order valence-electron chi connectivity index (χ3n) is 4.23. The lowest BCUT2D eigenvalue weighted by Gasteiger charge is -2.01. The first-order valence-corrected chi connectivity index (χ1v) is 8.63. The third-order valence-corrected chi connectivity index (χ3v) is 4.47. The molecule has 4 aromatic rings. The van der Waals surface area contributed by atoms with Gasteiger partial charge in [-0.1, -0.05) is 72.3 Å². The van der Waals surface area contributed by atoms with E-state index in [0.717, 1.165) is 21.9 Å². The summed E-state index contributed by atoms with van der Waals surface area (Å²) in [6.07, 6.45) is 4.88. The van der Waals surface area contributed by atoms with Crippen LogP contribution in [-0.2, 0) is 0 Å². The van der Waals surface area contributed by atoms with Crippen LogP contribution in [-0.4, -0.2) is 5.78 Å². The fourth-order valence-electron chi connectivity index (χ4n) is 2.88. The molecule has 1 heterocycles. The van der Waals surface area contributed by atoms with Gasteiger partial charge in [-0.25, -0.2) is 0 Å². The molecule has 0 amide bonds. The number of fused-ring (bicyclic) bond motifs is 1. The Morgan fingerprint density at radius 1 is 0.885 bits per heavy atom. The summed E-state index contributed by atoms with van der Waals surface area (Å²) >= 11 is 5.97. The normalized spacial score (nSPS) is 11.3. The highest BCUT2D eigenvalue weighted by molar-refractivity contribution is 6.31. The van der Waals surface area contributed by atoms with Crippen LogP contribution in [0.4, 0.5) is 0 Å². The molecule has 0 unspecified atom stereocenters. The van der Waals surface area contributed by atoms with Crippen molar-refractivity contribution in [1.29, 1.82) is 0 Å². The van der Waals surface area contributed by atoms with Gasteiger partial charge in [0.1, 0.15) is 0 Å². The number of halogens is 1. The van der Waals surface area contributed by atoms with Gasteiger partial charge in [0.15, 0.2) is 5.76 Å². The molecule has 0 saturated carbocycles. The van der Waals surface area contributed by atoms with Gasteiger partial charge in [-0.05, 0) is 41.0 Å². The summed E-state index contributed by atoms with van der Waals surface area (Å²) in [5.74, 6) is 0.156. The average Bonchev–Trinajstić information content (AvgIpc) is 3.10. The van der Waals surface area contributed by atoms with E-state index in [1.54, 1.807) is 30.5 Å². The van der Waals surface area contributed by atoms with Crippen LogP contribution >= 0.6 is 11.6 Å². The fraction of sp³-hybridized carbons (Fsp3) is 0. The number of allylic oxidation sites excluding steroid dienone is 1. The molecule has 1 aromatic heterocycles. The van der Waals surface area contributed by atoms with Gasteiger partial charge in [0, 0.05) is 15.8 Å². The van der Waals surface area contributed by atoms with Crippen molar-refractivity contribution < 1.29 is 9.21 Å². The van der Waals surface area contributed by atoms with E-state index >= 15 is 0 Å². The predicted molar refractivity (Wildman–Crippen MR) is 106 cm³/mol. The molecule has 3 aromatic carbocycles. The highest BCUT2D eigenvalue weighted by Crippen LogP contribution is 2.25. The van der Waals surface area contributed by atoms with Crippen LogP contribution in [0.5, 0.6) is 0 Å². The van der Waals surface area contributed by atoms with Crippen LogP contribution in [0.2, 0.25) is 5.02 Å². The largest absolute Gasteiger partial charge is 0.460 e. The topological polar surface area (TPSA) is 30.2 Å². The SMILES string of the molecule is O=C(C=Cc1ccc(-c2ccccc2)cc1)c1occ2cc(Cl)ccc12. The van der Waals surface area contributed by atoms with Gasteiger partial charge in [0.05, 0.1) is 6.26 Å². The minimum Gasteiger partial charge on any atom is -0.460 e. The lowest BCUT2D eigenvalue weighted by atomic mass is 10.0. The Bertz CT molecular complexity index is 1090. The number of carbonyl (C=O) groups is 1. The van der Waals surface area contributed by atoms with E-state index in [2.05, 4.69) is 12.1 Å². The van der Waals surface area contributed by atoms with Crippen molar-refractivity contribution >= 4 is 34.2 Å². The molecule has 0 aliphatic rings. The first kappa shape index (κ1) is 16.4. The number of rotatable bonds is 4. The fourth-order valence-corrected chi connectivity index (χ4v) is 3.06. The zero-order valence-corrected chi connectivity index (χ0v) is 14.6. The Morgan fingerprint density at radius 2 is 1.62 bits per heavy atom. The molecule has 0 aliphatic carbocycles. The van der Waals surface area contributed by atoms with Gasteiger partial charge in [-0.2, -0.15) is 0 Å². The molecule has 0 spiro atoms. The van der Waals surface area contributed by atoms with Crippen LogP contribution in [0.1, 0.15) is 16.1 Å². The summed E-state index contributed by atoms with van der Waals surface area (Å²) in [6, 6.07) is 23.6. The van der Waals surface area contributed by atoms with E-state index in [4.69, 9.17) is 16.0 Å². The Labute approximate surface area is 156 Å². The van der Waals surface area contributed by atoms with E-state index in [0.29, 0.717) is 10.8 Å². The summed E-state index contributed by atoms with van der Waals surface area (Å²) < 4.78 is 5.44. The average molecular weight is 359 g/mol. The molecular formula is C23H15ClO2. The zero-order chi connectivity index (χ0) is 17.9. The summed E-state index contributed by atoms with van der Waals surface area (Å²) in [6.45, 7) is 0. The first-order valence-electron chi connectivity index (χ1n) is 8.25. The number of hydrogen-bond donors (Lipinski definition) is 0. The van der Waals surface area contributed by atoms with E-state index in [9.17, 15) is 4.79 Å². The Morgan fingerprint density at radius 3 is 2.38 bits per heavy atom. The van der Waals surface area contributed by atoms with Gasteiger partial charge >= 0.3 is 0 Å². The van der Waals surface area contributed by atoms with Crippen LogP contribution in [0.15, 0.2) is 89.6 Å². The monoisotopic (exact) mass is 358 g/mol. The molecule has 26 heavy (non-hydrogen) atoms. The van der Waals surface area contributed by atoms with Crippen molar-refractivity contribution in [2.75, 3.05) is 0 Å². The van der Waals surface area contributed by atoms with Gasteiger partial charge in [-0.15, -0.1) is 0 Å². The molecule has 0 fully saturated rings. The molecule has 2 nitrogen and oxygen atoms in total. The lowest BCUT2D eigenvalue weighted by Crippen LogP contribution is -1.92. The number of ketones is 1. The Kier molecular flexibility index (Phi) is 4.42. The van der Waals surface area contributed by atoms with Crippen LogP contribution < -0.4 is 0 Å². The van der Waals surface area contributed by atoms with E-state index < -0.39 is 0 Å². The number of furan rings is 1.